The first-order chi connectivity index (χ1) is 7.69. The second-order valence-corrected chi connectivity index (χ2v) is 4.12. The highest BCUT2D eigenvalue weighted by Crippen LogP contribution is 2.14. The van der Waals surface area contributed by atoms with Crippen molar-refractivity contribution in [1.29, 1.82) is 0 Å². The second kappa shape index (κ2) is 6.51. The minimum Gasteiger partial charge on any atom is -0.381 e. The maximum atomic E-state index is 11.9. The molecule has 0 aromatic rings. The summed E-state index contributed by atoms with van der Waals surface area (Å²) in [4.78, 5) is 13.7. The molecule has 0 bridgehead atoms. The van der Waals surface area contributed by atoms with Gasteiger partial charge in [-0.2, -0.15) is 0 Å². The van der Waals surface area contributed by atoms with Gasteiger partial charge in [-0.15, -0.1) is 12.3 Å². The van der Waals surface area contributed by atoms with Crippen molar-refractivity contribution in [3.8, 4) is 12.3 Å². The lowest BCUT2D eigenvalue weighted by Gasteiger charge is -2.26. The summed E-state index contributed by atoms with van der Waals surface area (Å²) in [6.45, 7) is 4.90. The summed E-state index contributed by atoms with van der Waals surface area (Å²) in [5.41, 5.74) is 5.71. The van der Waals surface area contributed by atoms with Crippen molar-refractivity contribution in [2.45, 2.75) is 25.8 Å². The fraction of sp³-hybridized carbons (Fsp3) is 0.750. The molecule has 4 nitrogen and oxygen atoms in total. The molecule has 16 heavy (non-hydrogen) atoms. The number of rotatable bonds is 5. The van der Waals surface area contributed by atoms with Gasteiger partial charge in [-0.3, -0.25) is 4.79 Å². The van der Waals surface area contributed by atoms with Crippen LogP contribution < -0.4 is 5.73 Å². The molecule has 1 rings (SSSR count). The van der Waals surface area contributed by atoms with E-state index in [1.54, 1.807) is 4.90 Å². The molecule has 1 heterocycles. The van der Waals surface area contributed by atoms with Gasteiger partial charge in [0.15, 0.2) is 0 Å². The molecule has 1 saturated heterocycles. The first-order valence-electron chi connectivity index (χ1n) is 5.74. The van der Waals surface area contributed by atoms with Gasteiger partial charge in [-0.1, -0.05) is 0 Å². The number of hydrogen-bond acceptors (Lipinski definition) is 3. The average Bonchev–Trinajstić information content (AvgIpc) is 2.78. The van der Waals surface area contributed by atoms with Gasteiger partial charge >= 0.3 is 0 Å². The molecule has 2 atom stereocenters. The summed E-state index contributed by atoms with van der Waals surface area (Å²) in [7, 11) is 0. The molecule has 2 N–H and O–H groups in total. The number of carbonyl (C=O) groups is 1. The molecule has 1 fully saturated rings. The molecule has 0 saturated carbocycles. The van der Waals surface area contributed by atoms with Gasteiger partial charge in [0.05, 0.1) is 12.6 Å². The second-order valence-electron chi connectivity index (χ2n) is 4.12. The van der Waals surface area contributed by atoms with Crippen LogP contribution in [-0.4, -0.2) is 43.2 Å². The molecule has 1 aliphatic heterocycles. The van der Waals surface area contributed by atoms with Crippen molar-refractivity contribution in [2.75, 3.05) is 26.3 Å². The van der Waals surface area contributed by atoms with Crippen LogP contribution in [0.2, 0.25) is 0 Å². The van der Waals surface area contributed by atoms with Gasteiger partial charge in [0.1, 0.15) is 0 Å². The summed E-state index contributed by atoms with van der Waals surface area (Å²) in [5.74, 6) is 2.82. The first kappa shape index (κ1) is 13.0. The third kappa shape index (κ3) is 3.51. The lowest BCUT2D eigenvalue weighted by Crippen LogP contribution is -2.45. The van der Waals surface area contributed by atoms with Gasteiger partial charge in [0.2, 0.25) is 5.91 Å². The van der Waals surface area contributed by atoms with Crippen molar-refractivity contribution in [3.05, 3.63) is 0 Å². The zero-order chi connectivity index (χ0) is 12.0. The molecule has 0 aromatic carbocycles. The summed E-state index contributed by atoms with van der Waals surface area (Å²) in [6.07, 6.45) is 6.48. The van der Waals surface area contributed by atoms with Gasteiger partial charge in [-0.25, -0.2) is 0 Å². The number of carbonyl (C=O) groups excluding carboxylic acids is 1. The molecule has 0 aromatic heterocycles. The Bertz CT molecular complexity index is 267. The molecule has 4 heteroatoms. The van der Waals surface area contributed by atoms with E-state index >= 15 is 0 Å². The normalized spacial score (nSPS) is 21.4. The fourth-order valence-corrected chi connectivity index (χ4v) is 1.86. The molecule has 0 aliphatic carbocycles. The molecular weight excluding hydrogens is 204 g/mol. The Morgan fingerprint density at radius 3 is 3.00 bits per heavy atom. The molecular formula is C12H20N2O2. The van der Waals surface area contributed by atoms with Crippen molar-refractivity contribution in [2.24, 2.45) is 11.7 Å². The van der Waals surface area contributed by atoms with E-state index < -0.39 is 6.04 Å². The van der Waals surface area contributed by atoms with Crippen molar-refractivity contribution in [3.63, 3.8) is 0 Å². The Morgan fingerprint density at radius 2 is 2.50 bits per heavy atom. The molecule has 2 unspecified atom stereocenters. The number of likely N-dealkylation sites (N-methyl/N-ethyl adjacent to an activating group) is 1. The van der Waals surface area contributed by atoms with Crippen LogP contribution in [0.15, 0.2) is 0 Å². The van der Waals surface area contributed by atoms with Crippen LogP contribution in [0.25, 0.3) is 0 Å². The maximum absolute atomic E-state index is 11.9. The van der Waals surface area contributed by atoms with Crippen LogP contribution in [0.5, 0.6) is 0 Å². The minimum absolute atomic E-state index is 0.0487. The van der Waals surface area contributed by atoms with Gasteiger partial charge in [-0.05, 0) is 13.3 Å². The number of amides is 1. The zero-order valence-corrected chi connectivity index (χ0v) is 9.82. The van der Waals surface area contributed by atoms with E-state index in [2.05, 4.69) is 5.92 Å². The van der Waals surface area contributed by atoms with E-state index in [-0.39, 0.29) is 5.91 Å². The Morgan fingerprint density at radius 1 is 1.75 bits per heavy atom. The molecule has 0 radical (unpaired) electrons. The summed E-state index contributed by atoms with van der Waals surface area (Å²) < 4.78 is 5.29. The van der Waals surface area contributed by atoms with Crippen molar-refractivity contribution in [1.82, 2.24) is 4.90 Å². The van der Waals surface area contributed by atoms with E-state index in [4.69, 9.17) is 16.9 Å². The smallest absolute Gasteiger partial charge is 0.240 e. The van der Waals surface area contributed by atoms with Crippen LogP contribution in [-0.2, 0) is 9.53 Å². The maximum Gasteiger partial charge on any atom is 0.240 e. The highest BCUT2D eigenvalue weighted by molar-refractivity contribution is 5.81. The monoisotopic (exact) mass is 224 g/mol. The SMILES string of the molecule is C#CCC(N)C(=O)N(CC)CC1CCOC1. The fourth-order valence-electron chi connectivity index (χ4n) is 1.86. The van der Waals surface area contributed by atoms with Gasteiger partial charge < -0.3 is 15.4 Å². The number of terminal acetylenes is 1. The number of nitrogens with two attached hydrogens (primary N) is 1. The Kier molecular flexibility index (Phi) is 5.30. The molecule has 0 spiro atoms. The predicted octanol–water partition coefficient (Wildman–Crippen LogP) is 0.222. The summed E-state index contributed by atoms with van der Waals surface area (Å²) in [5, 5.41) is 0. The van der Waals surface area contributed by atoms with Crippen LogP contribution in [0, 0.1) is 18.3 Å². The Labute approximate surface area is 97.1 Å². The molecule has 90 valence electrons. The van der Waals surface area contributed by atoms with E-state index in [1.165, 1.54) is 0 Å². The van der Waals surface area contributed by atoms with Crippen molar-refractivity contribution >= 4 is 5.91 Å². The molecule has 1 amide bonds. The van der Waals surface area contributed by atoms with Crippen LogP contribution in [0.1, 0.15) is 19.8 Å². The predicted molar refractivity (Wildman–Crippen MR) is 62.6 cm³/mol. The summed E-state index contributed by atoms with van der Waals surface area (Å²) in [6, 6.07) is -0.563. The third-order valence-electron chi connectivity index (χ3n) is 2.85. The topological polar surface area (TPSA) is 55.6 Å². The van der Waals surface area contributed by atoms with Gasteiger partial charge in [0, 0.05) is 32.0 Å². The lowest BCUT2D eigenvalue weighted by molar-refractivity contribution is -0.132. The van der Waals surface area contributed by atoms with Crippen molar-refractivity contribution < 1.29 is 9.53 Å². The van der Waals surface area contributed by atoms with E-state index in [0.29, 0.717) is 18.9 Å². The van der Waals surface area contributed by atoms with E-state index in [0.717, 1.165) is 26.2 Å². The van der Waals surface area contributed by atoms with E-state index in [1.807, 2.05) is 6.92 Å². The van der Waals surface area contributed by atoms with Crippen LogP contribution in [0.3, 0.4) is 0 Å². The zero-order valence-electron chi connectivity index (χ0n) is 9.82. The largest absolute Gasteiger partial charge is 0.381 e. The average molecular weight is 224 g/mol. The Hall–Kier alpha value is -1.05. The third-order valence-corrected chi connectivity index (χ3v) is 2.85. The van der Waals surface area contributed by atoms with Gasteiger partial charge in [0.25, 0.3) is 0 Å². The number of nitrogens with zero attached hydrogens (tertiary/aromatic N) is 1. The minimum atomic E-state index is -0.563. The Balaban J connectivity index is 2.46. The number of hydrogen-bond donors (Lipinski definition) is 1. The first-order valence-corrected chi connectivity index (χ1v) is 5.74. The highest BCUT2D eigenvalue weighted by Gasteiger charge is 2.24. The lowest BCUT2D eigenvalue weighted by atomic mass is 10.1. The quantitative estimate of drug-likeness (QED) is 0.680. The highest BCUT2D eigenvalue weighted by atomic mass is 16.5. The molecule has 1 aliphatic rings. The van der Waals surface area contributed by atoms with E-state index in [9.17, 15) is 4.79 Å². The number of ether oxygens (including phenoxy) is 1. The summed E-state index contributed by atoms with van der Waals surface area (Å²) >= 11 is 0. The van der Waals surface area contributed by atoms with Crippen LogP contribution >= 0.6 is 0 Å². The standard InChI is InChI=1S/C12H20N2O2/c1-3-5-11(13)12(15)14(4-2)8-10-6-7-16-9-10/h1,10-11H,4-9,13H2,2H3. The van der Waals surface area contributed by atoms with Crippen LogP contribution in [0.4, 0.5) is 0 Å².